The molecule has 0 aromatic rings. The van der Waals surface area contributed by atoms with Crippen molar-refractivity contribution in [2.75, 3.05) is 0 Å². The maximum absolute atomic E-state index is 10.7. The van der Waals surface area contributed by atoms with E-state index in [2.05, 4.69) is 0 Å². The molecule has 1 aliphatic carbocycles. The van der Waals surface area contributed by atoms with Crippen molar-refractivity contribution < 1.29 is 15.0 Å². The van der Waals surface area contributed by atoms with Gasteiger partial charge in [0.05, 0.1) is 0 Å². The summed E-state index contributed by atoms with van der Waals surface area (Å²) in [6.45, 7) is 1.78. The van der Waals surface area contributed by atoms with E-state index in [1.165, 1.54) is 6.08 Å². The lowest BCUT2D eigenvalue weighted by Gasteiger charge is -2.07. The van der Waals surface area contributed by atoms with Crippen LogP contribution in [-0.4, -0.2) is 28.2 Å². The standard InChI is InChI=1S/C8H10O3/c1-2-3-5-4-6(9)8(11)7(5)10/h2-4,7-8,10-11H,1H3/b3-2+/t7-,8+/m0/s1. The number of carbonyl (C=O) groups is 1. The number of carbonyl (C=O) groups excluding carboxylic acids is 1. The monoisotopic (exact) mass is 154 g/mol. The maximum atomic E-state index is 10.7. The Hall–Kier alpha value is -0.930. The predicted octanol–water partition coefficient (Wildman–Crippen LogP) is -0.207. The number of hydrogen-bond donors (Lipinski definition) is 2. The Morgan fingerprint density at radius 2 is 2.09 bits per heavy atom. The van der Waals surface area contributed by atoms with Crippen LogP contribution in [0.5, 0.6) is 0 Å². The molecule has 0 aromatic heterocycles. The molecule has 0 spiro atoms. The molecule has 1 aliphatic rings. The van der Waals surface area contributed by atoms with Gasteiger partial charge in [0, 0.05) is 0 Å². The van der Waals surface area contributed by atoms with Gasteiger partial charge in [0.1, 0.15) is 12.2 Å². The van der Waals surface area contributed by atoms with Gasteiger partial charge in [-0.15, -0.1) is 0 Å². The molecule has 0 aromatic carbocycles. The van der Waals surface area contributed by atoms with Gasteiger partial charge in [-0.2, -0.15) is 0 Å². The zero-order valence-electron chi connectivity index (χ0n) is 6.19. The van der Waals surface area contributed by atoms with Crippen LogP contribution in [0.4, 0.5) is 0 Å². The predicted molar refractivity (Wildman–Crippen MR) is 39.9 cm³/mol. The molecule has 0 saturated heterocycles. The number of aliphatic hydroxyl groups excluding tert-OH is 2. The second-order valence-electron chi connectivity index (χ2n) is 2.44. The molecule has 2 atom stereocenters. The van der Waals surface area contributed by atoms with Crippen LogP contribution in [-0.2, 0) is 4.79 Å². The van der Waals surface area contributed by atoms with Gasteiger partial charge >= 0.3 is 0 Å². The second-order valence-corrected chi connectivity index (χ2v) is 2.44. The molecule has 3 nitrogen and oxygen atoms in total. The third kappa shape index (κ3) is 1.39. The van der Waals surface area contributed by atoms with Gasteiger partial charge in [-0.3, -0.25) is 4.79 Å². The first-order chi connectivity index (χ1) is 5.16. The molecule has 0 heterocycles. The summed E-state index contributed by atoms with van der Waals surface area (Å²) in [7, 11) is 0. The molecule has 0 bridgehead atoms. The lowest BCUT2D eigenvalue weighted by Crippen LogP contribution is -2.27. The van der Waals surface area contributed by atoms with Crippen molar-refractivity contribution in [2.45, 2.75) is 19.1 Å². The molecule has 11 heavy (non-hydrogen) atoms. The zero-order valence-corrected chi connectivity index (χ0v) is 6.19. The van der Waals surface area contributed by atoms with Gasteiger partial charge in [0.2, 0.25) is 0 Å². The lowest BCUT2D eigenvalue weighted by molar-refractivity contribution is -0.124. The van der Waals surface area contributed by atoms with Gasteiger partial charge < -0.3 is 10.2 Å². The van der Waals surface area contributed by atoms with Crippen molar-refractivity contribution in [2.24, 2.45) is 0 Å². The molecule has 0 fully saturated rings. The fourth-order valence-corrected chi connectivity index (χ4v) is 1.01. The third-order valence-corrected chi connectivity index (χ3v) is 1.60. The summed E-state index contributed by atoms with van der Waals surface area (Å²) < 4.78 is 0. The Morgan fingerprint density at radius 3 is 2.45 bits per heavy atom. The molecular weight excluding hydrogens is 144 g/mol. The van der Waals surface area contributed by atoms with Gasteiger partial charge in [0.25, 0.3) is 0 Å². The zero-order chi connectivity index (χ0) is 8.43. The van der Waals surface area contributed by atoms with Crippen molar-refractivity contribution in [3.63, 3.8) is 0 Å². The summed E-state index contributed by atoms with van der Waals surface area (Å²) in [6.07, 6.45) is 2.27. The normalized spacial score (nSPS) is 31.5. The van der Waals surface area contributed by atoms with Gasteiger partial charge in [-0.1, -0.05) is 12.2 Å². The topological polar surface area (TPSA) is 57.5 Å². The highest BCUT2D eigenvalue weighted by Gasteiger charge is 2.31. The number of ketones is 1. The molecule has 0 amide bonds. The van der Waals surface area contributed by atoms with Crippen molar-refractivity contribution in [3.8, 4) is 0 Å². The van der Waals surface area contributed by atoms with E-state index >= 15 is 0 Å². The fourth-order valence-electron chi connectivity index (χ4n) is 1.01. The van der Waals surface area contributed by atoms with E-state index in [1.807, 2.05) is 0 Å². The summed E-state index contributed by atoms with van der Waals surface area (Å²) in [5.74, 6) is -0.425. The lowest BCUT2D eigenvalue weighted by atomic mass is 10.1. The molecule has 2 N–H and O–H groups in total. The fraction of sp³-hybridized carbons (Fsp3) is 0.375. The molecule has 0 aliphatic heterocycles. The number of allylic oxidation sites excluding steroid dienone is 1. The van der Waals surface area contributed by atoms with Crippen molar-refractivity contribution in [3.05, 3.63) is 23.8 Å². The Labute approximate surface area is 64.7 Å². The first-order valence-electron chi connectivity index (χ1n) is 3.41. The molecule has 0 saturated carbocycles. The molecule has 60 valence electrons. The minimum Gasteiger partial charge on any atom is -0.385 e. The summed E-state index contributed by atoms with van der Waals surface area (Å²) >= 11 is 0. The Morgan fingerprint density at radius 1 is 1.45 bits per heavy atom. The highest BCUT2D eigenvalue weighted by atomic mass is 16.3. The van der Waals surface area contributed by atoms with Gasteiger partial charge in [-0.25, -0.2) is 0 Å². The largest absolute Gasteiger partial charge is 0.385 e. The van der Waals surface area contributed by atoms with E-state index in [4.69, 9.17) is 10.2 Å². The maximum Gasteiger partial charge on any atom is 0.187 e. The summed E-state index contributed by atoms with van der Waals surface area (Å²) in [4.78, 5) is 10.7. The van der Waals surface area contributed by atoms with Crippen LogP contribution in [0.3, 0.4) is 0 Å². The van der Waals surface area contributed by atoms with Crippen LogP contribution >= 0.6 is 0 Å². The van der Waals surface area contributed by atoms with Crippen molar-refractivity contribution in [1.82, 2.24) is 0 Å². The average Bonchev–Trinajstić information content (AvgIpc) is 2.19. The number of hydrogen-bond acceptors (Lipinski definition) is 3. The molecule has 0 unspecified atom stereocenters. The van der Waals surface area contributed by atoms with Gasteiger partial charge in [-0.05, 0) is 18.6 Å². The van der Waals surface area contributed by atoms with E-state index in [1.54, 1.807) is 19.1 Å². The SMILES string of the molecule is C/C=C/C1=CC(=O)[C@@H](O)[C@H]1O. The molecule has 0 radical (unpaired) electrons. The van der Waals surface area contributed by atoms with Crippen LogP contribution < -0.4 is 0 Å². The van der Waals surface area contributed by atoms with Gasteiger partial charge in [0.15, 0.2) is 5.78 Å². The van der Waals surface area contributed by atoms with E-state index in [-0.39, 0.29) is 0 Å². The summed E-state index contributed by atoms with van der Waals surface area (Å²) in [6, 6.07) is 0. The Kier molecular flexibility index (Phi) is 2.22. The van der Waals surface area contributed by atoms with Crippen LogP contribution in [0.15, 0.2) is 23.8 Å². The first kappa shape index (κ1) is 8.17. The summed E-state index contributed by atoms with van der Waals surface area (Å²) in [5, 5.41) is 18.1. The van der Waals surface area contributed by atoms with Crippen LogP contribution in [0.1, 0.15) is 6.92 Å². The van der Waals surface area contributed by atoms with E-state index in [9.17, 15) is 4.79 Å². The number of aliphatic hydroxyl groups is 2. The minimum absolute atomic E-state index is 0.425. The van der Waals surface area contributed by atoms with E-state index in [0.29, 0.717) is 5.57 Å². The molecule has 1 rings (SSSR count). The molecule has 3 heteroatoms. The average molecular weight is 154 g/mol. The smallest absolute Gasteiger partial charge is 0.187 e. The molecular formula is C8H10O3. The van der Waals surface area contributed by atoms with Crippen LogP contribution in [0.25, 0.3) is 0 Å². The Balaban J connectivity index is 2.83. The summed E-state index contributed by atoms with van der Waals surface area (Å²) in [5.41, 5.74) is 0.477. The van der Waals surface area contributed by atoms with Crippen LogP contribution in [0.2, 0.25) is 0 Å². The van der Waals surface area contributed by atoms with E-state index in [0.717, 1.165) is 0 Å². The minimum atomic E-state index is -1.26. The van der Waals surface area contributed by atoms with E-state index < -0.39 is 18.0 Å². The van der Waals surface area contributed by atoms with Crippen molar-refractivity contribution >= 4 is 5.78 Å². The Bertz CT molecular complexity index is 227. The highest BCUT2D eigenvalue weighted by molar-refractivity contribution is 5.98. The highest BCUT2D eigenvalue weighted by Crippen LogP contribution is 2.17. The van der Waals surface area contributed by atoms with Crippen molar-refractivity contribution in [1.29, 1.82) is 0 Å². The third-order valence-electron chi connectivity index (χ3n) is 1.60. The number of rotatable bonds is 1. The van der Waals surface area contributed by atoms with Crippen LogP contribution in [0, 0.1) is 0 Å². The first-order valence-corrected chi connectivity index (χ1v) is 3.41. The second kappa shape index (κ2) is 2.98. The quantitative estimate of drug-likeness (QED) is 0.549.